The van der Waals surface area contributed by atoms with Crippen LogP contribution >= 0.6 is 23.2 Å². The van der Waals surface area contributed by atoms with Crippen LogP contribution in [0.25, 0.3) is 0 Å². The third kappa shape index (κ3) is 3.76. The molecule has 1 aromatic carbocycles. The van der Waals surface area contributed by atoms with Crippen molar-refractivity contribution in [3.63, 3.8) is 0 Å². The molecular formula is C13H17Cl2N3O2. The molecule has 0 aliphatic carbocycles. The molecule has 0 aromatic heterocycles. The van der Waals surface area contributed by atoms with Crippen LogP contribution in [0.3, 0.4) is 0 Å². The quantitative estimate of drug-likeness (QED) is 0.740. The van der Waals surface area contributed by atoms with E-state index in [1.165, 1.54) is 6.07 Å². The number of anilines is 2. The Morgan fingerprint density at radius 2 is 2.25 bits per heavy atom. The van der Waals surface area contributed by atoms with Gasteiger partial charge in [0.25, 0.3) is 0 Å². The van der Waals surface area contributed by atoms with Gasteiger partial charge in [-0.3, -0.25) is 9.69 Å². The maximum atomic E-state index is 12.0. The third-order valence-corrected chi connectivity index (χ3v) is 3.86. The second-order valence-corrected chi connectivity index (χ2v) is 5.82. The molecule has 1 amide bonds. The van der Waals surface area contributed by atoms with Gasteiger partial charge < -0.3 is 16.2 Å². The SMILES string of the molecule is Nc1cc(Cl)cc(Cl)c1NC(=O)CN1CCC(CO)C1. The molecule has 1 fully saturated rings. The standard InChI is InChI=1S/C13H17Cl2N3O2/c14-9-3-10(15)13(11(16)4-9)17-12(20)6-18-2-1-8(5-18)7-19/h3-4,8,19H,1-2,5-7,16H2,(H,17,20). The topological polar surface area (TPSA) is 78.6 Å². The molecule has 1 unspecified atom stereocenters. The van der Waals surface area contributed by atoms with Crippen LogP contribution in [0.2, 0.25) is 10.0 Å². The first kappa shape index (κ1) is 15.4. The van der Waals surface area contributed by atoms with Crippen molar-refractivity contribution >= 4 is 40.5 Å². The number of aliphatic hydroxyl groups is 1. The van der Waals surface area contributed by atoms with Gasteiger partial charge in [-0.15, -0.1) is 0 Å². The largest absolute Gasteiger partial charge is 0.397 e. The lowest BCUT2D eigenvalue weighted by Crippen LogP contribution is -2.32. The molecule has 4 N–H and O–H groups in total. The molecule has 20 heavy (non-hydrogen) atoms. The first-order valence-electron chi connectivity index (χ1n) is 6.37. The lowest BCUT2D eigenvalue weighted by atomic mass is 10.1. The molecule has 110 valence electrons. The number of nitrogens with two attached hydrogens (primary N) is 1. The van der Waals surface area contributed by atoms with Crippen LogP contribution in [0.1, 0.15) is 6.42 Å². The van der Waals surface area contributed by atoms with Gasteiger partial charge in [0.15, 0.2) is 0 Å². The minimum atomic E-state index is -0.181. The highest BCUT2D eigenvalue weighted by molar-refractivity contribution is 6.37. The summed E-state index contributed by atoms with van der Waals surface area (Å²) in [5.41, 5.74) is 6.52. The van der Waals surface area contributed by atoms with E-state index in [2.05, 4.69) is 5.32 Å². The Morgan fingerprint density at radius 3 is 2.85 bits per heavy atom. The van der Waals surface area contributed by atoms with Crippen LogP contribution in [0.4, 0.5) is 11.4 Å². The number of carbonyl (C=O) groups excluding carboxylic acids is 1. The molecule has 1 aromatic rings. The van der Waals surface area contributed by atoms with E-state index in [-0.39, 0.29) is 25.0 Å². The Morgan fingerprint density at radius 1 is 1.50 bits per heavy atom. The number of halogens is 2. The number of benzene rings is 1. The number of nitrogen functional groups attached to an aromatic ring is 1. The maximum Gasteiger partial charge on any atom is 0.238 e. The van der Waals surface area contributed by atoms with Gasteiger partial charge in [-0.1, -0.05) is 23.2 Å². The number of hydrogen-bond acceptors (Lipinski definition) is 4. The predicted octanol–water partition coefficient (Wildman–Crippen LogP) is 1.83. The second-order valence-electron chi connectivity index (χ2n) is 4.97. The second kappa shape index (κ2) is 6.63. The minimum absolute atomic E-state index is 0.161. The van der Waals surface area contributed by atoms with Crippen molar-refractivity contribution in [1.82, 2.24) is 4.90 Å². The van der Waals surface area contributed by atoms with Crippen molar-refractivity contribution in [1.29, 1.82) is 0 Å². The summed E-state index contributed by atoms with van der Waals surface area (Å²) in [6.07, 6.45) is 0.910. The van der Waals surface area contributed by atoms with Crippen molar-refractivity contribution in [2.45, 2.75) is 6.42 Å². The molecule has 1 saturated heterocycles. The van der Waals surface area contributed by atoms with E-state index in [0.29, 0.717) is 21.4 Å². The van der Waals surface area contributed by atoms with E-state index >= 15 is 0 Å². The average Bonchev–Trinajstić information content (AvgIpc) is 2.81. The fourth-order valence-corrected chi connectivity index (χ4v) is 2.87. The third-order valence-electron chi connectivity index (χ3n) is 3.35. The lowest BCUT2D eigenvalue weighted by Gasteiger charge is -2.16. The summed E-state index contributed by atoms with van der Waals surface area (Å²) in [7, 11) is 0. The van der Waals surface area contributed by atoms with Crippen molar-refractivity contribution in [3.8, 4) is 0 Å². The van der Waals surface area contributed by atoms with Gasteiger partial charge in [0.05, 0.1) is 22.9 Å². The number of nitrogens with zero attached hydrogens (tertiary/aromatic N) is 1. The van der Waals surface area contributed by atoms with E-state index in [4.69, 9.17) is 34.0 Å². The first-order chi connectivity index (χ1) is 9.49. The zero-order valence-electron chi connectivity index (χ0n) is 10.9. The van der Waals surface area contributed by atoms with Crippen molar-refractivity contribution in [2.75, 3.05) is 37.3 Å². The van der Waals surface area contributed by atoms with Gasteiger partial charge in [0.1, 0.15) is 0 Å². The van der Waals surface area contributed by atoms with Crippen LogP contribution in [0.5, 0.6) is 0 Å². The molecule has 2 rings (SSSR count). The molecule has 0 radical (unpaired) electrons. The fraction of sp³-hybridized carbons (Fsp3) is 0.462. The summed E-state index contributed by atoms with van der Waals surface area (Å²) in [4.78, 5) is 14.0. The summed E-state index contributed by atoms with van der Waals surface area (Å²) >= 11 is 11.8. The smallest absolute Gasteiger partial charge is 0.238 e. The number of likely N-dealkylation sites (tertiary alicyclic amines) is 1. The molecule has 5 nitrogen and oxygen atoms in total. The van der Waals surface area contributed by atoms with E-state index in [1.54, 1.807) is 6.07 Å². The van der Waals surface area contributed by atoms with Gasteiger partial charge in [-0.25, -0.2) is 0 Å². The Labute approximate surface area is 127 Å². The number of nitrogens with one attached hydrogen (secondary N) is 1. The van der Waals surface area contributed by atoms with E-state index in [0.717, 1.165) is 19.5 Å². The molecule has 7 heteroatoms. The summed E-state index contributed by atoms with van der Waals surface area (Å²) in [6.45, 7) is 1.96. The summed E-state index contributed by atoms with van der Waals surface area (Å²) in [5, 5.41) is 12.5. The predicted molar refractivity (Wildman–Crippen MR) is 81.1 cm³/mol. The van der Waals surface area contributed by atoms with Crippen LogP contribution in [-0.4, -0.2) is 42.2 Å². The Bertz CT molecular complexity index is 487. The Hall–Kier alpha value is -1.01. The highest BCUT2D eigenvalue weighted by atomic mass is 35.5. The number of amides is 1. The van der Waals surface area contributed by atoms with Gasteiger partial charge >= 0.3 is 0 Å². The van der Waals surface area contributed by atoms with Gasteiger partial charge in [-0.05, 0) is 31.0 Å². The number of carbonyl (C=O) groups is 1. The van der Waals surface area contributed by atoms with Crippen molar-refractivity contribution in [3.05, 3.63) is 22.2 Å². The van der Waals surface area contributed by atoms with Crippen LogP contribution in [0.15, 0.2) is 12.1 Å². The first-order valence-corrected chi connectivity index (χ1v) is 7.12. The molecule has 1 heterocycles. The summed E-state index contributed by atoms with van der Waals surface area (Å²) < 4.78 is 0. The average molecular weight is 318 g/mol. The van der Waals surface area contributed by atoms with Gasteiger partial charge in [0, 0.05) is 18.2 Å². The molecule has 0 saturated carbocycles. The van der Waals surface area contributed by atoms with Gasteiger partial charge in [-0.2, -0.15) is 0 Å². The molecule has 1 atom stereocenters. The van der Waals surface area contributed by atoms with E-state index in [1.807, 2.05) is 4.90 Å². The summed E-state index contributed by atoms with van der Waals surface area (Å²) in [6, 6.07) is 3.08. The van der Waals surface area contributed by atoms with Gasteiger partial charge in [0.2, 0.25) is 5.91 Å². The van der Waals surface area contributed by atoms with Crippen molar-refractivity contribution in [2.24, 2.45) is 5.92 Å². The highest BCUT2D eigenvalue weighted by Crippen LogP contribution is 2.32. The fourth-order valence-electron chi connectivity index (χ4n) is 2.31. The monoisotopic (exact) mass is 317 g/mol. The zero-order valence-corrected chi connectivity index (χ0v) is 12.4. The van der Waals surface area contributed by atoms with Crippen LogP contribution in [-0.2, 0) is 4.79 Å². The normalized spacial score (nSPS) is 19.2. The van der Waals surface area contributed by atoms with Crippen LogP contribution in [0, 0.1) is 5.92 Å². The molecule has 0 bridgehead atoms. The molecular weight excluding hydrogens is 301 g/mol. The molecule has 1 aliphatic heterocycles. The highest BCUT2D eigenvalue weighted by Gasteiger charge is 2.23. The maximum absolute atomic E-state index is 12.0. The zero-order chi connectivity index (χ0) is 14.7. The number of rotatable bonds is 4. The summed E-state index contributed by atoms with van der Waals surface area (Å²) in [5.74, 6) is 0.0755. The van der Waals surface area contributed by atoms with Crippen LogP contribution < -0.4 is 11.1 Å². The van der Waals surface area contributed by atoms with E-state index in [9.17, 15) is 4.79 Å². The van der Waals surface area contributed by atoms with Crippen molar-refractivity contribution < 1.29 is 9.90 Å². The molecule has 0 spiro atoms. The lowest BCUT2D eigenvalue weighted by molar-refractivity contribution is -0.117. The van der Waals surface area contributed by atoms with E-state index < -0.39 is 0 Å². The number of aliphatic hydroxyl groups excluding tert-OH is 1. The number of hydrogen-bond donors (Lipinski definition) is 3. The minimum Gasteiger partial charge on any atom is -0.397 e. The molecule has 1 aliphatic rings. The Kier molecular flexibility index (Phi) is 5.10. The Balaban J connectivity index is 1.95.